The first kappa shape index (κ1) is 14.1. The zero-order valence-electron chi connectivity index (χ0n) is 11.2. The fourth-order valence-electron chi connectivity index (χ4n) is 1.34. The Bertz CT molecular complexity index is 282. The van der Waals surface area contributed by atoms with Crippen LogP contribution in [0.2, 0.25) is 0 Å². The summed E-state index contributed by atoms with van der Waals surface area (Å²) in [7, 11) is 0. The van der Waals surface area contributed by atoms with E-state index in [2.05, 4.69) is 10.3 Å². The van der Waals surface area contributed by atoms with E-state index >= 15 is 0 Å². The Hall–Kier alpha value is -0.940. The van der Waals surface area contributed by atoms with Gasteiger partial charge in [-0.05, 0) is 27.7 Å². The standard InChI is InChI=1S/C12H23N3O2/c1-10(2)16-7-5-12-9-15(14-13-12)6-8-17-11(3)4/h9-11H,5-8H2,1-4H3. The summed E-state index contributed by atoms with van der Waals surface area (Å²) < 4.78 is 12.7. The molecule has 1 aromatic rings. The smallest absolute Gasteiger partial charge is 0.0850 e. The molecule has 0 aliphatic rings. The normalized spacial score (nSPS) is 11.6. The second-order valence-corrected chi connectivity index (χ2v) is 4.56. The van der Waals surface area contributed by atoms with Gasteiger partial charge >= 0.3 is 0 Å². The molecule has 5 heteroatoms. The summed E-state index contributed by atoms with van der Waals surface area (Å²) in [6.45, 7) is 10.2. The van der Waals surface area contributed by atoms with Crippen LogP contribution in [0.1, 0.15) is 33.4 Å². The van der Waals surface area contributed by atoms with Crippen molar-refractivity contribution < 1.29 is 9.47 Å². The first-order chi connectivity index (χ1) is 8.08. The molecule has 0 aromatic carbocycles. The minimum Gasteiger partial charge on any atom is -0.378 e. The molecule has 0 saturated heterocycles. The van der Waals surface area contributed by atoms with Crippen LogP contribution < -0.4 is 0 Å². The topological polar surface area (TPSA) is 49.2 Å². The third-order valence-electron chi connectivity index (χ3n) is 2.17. The molecule has 17 heavy (non-hydrogen) atoms. The number of rotatable bonds is 8. The van der Waals surface area contributed by atoms with Gasteiger partial charge in [-0.1, -0.05) is 5.21 Å². The first-order valence-corrected chi connectivity index (χ1v) is 6.20. The summed E-state index contributed by atoms with van der Waals surface area (Å²) in [6.07, 6.45) is 3.29. The number of hydrogen-bond donors (Lipinski definition) is 0. The van der Waals surface area contributed by atoms with E-state index in [1.54, 1.807) is 0 Å². The molecule has 0 radical (unpaired) electrons. The van der Waals surface area contributed by atoms with Crippen molar-refractivity contribution in [2.45, 2.75) is 52.9 Å². The van der Waals surface area contributed by atoms with E-state index in [-0.39, 0.29) is 12.2 Å². The Morgan fingerprint density at radius 3 is 2.41 bits per heavy atom. The van der Waals surface area contributed by atoms with Crippen molar-refractivity contribution in [3.05, 3.63) is 11.9 Å². The molecule has 5 nitrogen and oxygen atoms in total. The van der Waals surface area contributed by atoms with Gasteiger partial charge in [0, 0.05) is 12.6 Å². The average Bonchev–Trinajstić information content (AvgIpc) is 2.65. The Morgan fingerprint density at radius 1 is 1.12 bits per heavy atom. The fraction of sp³-hybridized carbons (Fsp3) is 0.833. The molecule has 0 N–H and O–H groups in total. The second-order valence-electron chi connectivity index (χ2n) is 4.56. The molecule has 0 aliphatic carbocycles. The zero-order valence-corrected chi connectivity index (χ0v) is 11.2. The maximum absolute atomic E-state index is 5.47. The van der Waals surface area contributed by atoms with Crippen molar-refractivity contribution in [3.8, 4) is 0 Å². The Labute approximate surface area is 103 Å². The molecule has 0 amide bonds. The number of aromatic nitrogens is 3. The van der Waals surface area contributed by atoms with Crippen molar-refractivity contribution >= 4 is 0 Å². The minimum absolute atomic E-state index is 0.262. The van der Waals surface area contributed by atoms with E-state index in [1.807, 2.05) is 38.6 Å². The zero-order chi connectivity index (χ0) is 12.7. The molecule has 0 aliphatic heterocycles. The van der Waals surface area contributed by atoms with Crippen molar-refractivity contribution in [1.29, 1.82) is 0 Å². The van der Waals surface area contributed by atoms with Gasteiger partial charge < -0.3 is 9.47 Å². The lowest BCUT2D eigenvalue weighted by atomic mass is 10.3. The maximum atomic E-state index is 5.47. The number of hydrogen-bond acceptors (Lipinski definition) is 4. The van der Waals surface area contributed by atoms with Gasteiger partial charge in [0.1, 0.15) is 0 Å². The van der Waals surface area contributed by atoms with Crippen LogP contribution in [0.25, 0.3) is 0 Å². The van der Waals surface area contributed by atoms with Crippen LogP contribution in [-0.2, 0) is 22.4 Å². The van der Waals surface area contributed by atoms with Gasteiger partial charge in [0.15, 0.2) is 0 Å². The van der Waals surface area contributed by atoms with Crippen LogP contribution in [0.15, 0.2) is 6.20 Å². The highest BCUT2D eigenvalue weighted by atomic mass is 16.5. The average molecular weight is 241 g/mol. The molecule has 98 valence electrons. The van der Waals surface area contributed by atoms with Gasteiger partial charge in [-0.3, -0.25) is 0 Å². The van der Waals surface area contributed by atoms with Crippen LogP contribution in [0.5, 0.6) is 0 Å². The van der Waals surface area contributed by atoms with Gasteiger partial charge in [0.2, 0.25) is 0 Å². The van der Waals surface area contributed by atoms with Crippen LogP contribution in [-0.4, -0.2) is 40.4 Å². The third-order valence-corrected chi connectivity index (χ3v) is 2.17. The van der Waals surface area contributed by atoms with E-state index in [1.165, 1.54) is 0 Å². The predicted molar refractivity (Wildman–Crippen MR) is 65.9 cm³/mol. The first-order valence-electron chi connectivity index (χ1n) is 6.20. The summed E-state index contributed by atoms with van der Waals surface area (Å²) in [4.78, 5) is 0. The third kappa shape index (κ3) is 6.38. The van der Waals surface area contributed by atoms with Crippen molar-refractivity contribution in [2.24, 2.45) is 0 Å². The molecule has 0 spiro atoms. The molecule has 1 rings (SSSR count). The molecule has 1 aromatic heterocycles. The second kappa shape index (κ2) is 7.40. The molecule has 0 fully saturated rings. The summed E-state index contributed by atoms with van der Waals surface area (Å²) in [5.74, 6) is 0. The SMILES string of the molecule is CC(C)OCCc1cn(CCOC(C)C)nn1. The highest BCUT2D eigenvalue weighted by Crippen LogP contribution is 1.98. The maximum Gasteiger partial charge on any atom is 0.0850 e. The van der Waals surface area contributed by atoms with Gasteiger partial charge in [-0.15, -0.1) is 5.10 Å². The van der Waals surface area contributed by atoms with Crippen molar-refractivity contribution in [3.63, 3.8) is 0 Å². The van der Waals surface area contributed by atoms with Gasteiger partial charge in [0.25, 0.3) is 0 Å². The number of nitrogens with zero attached hydrogens (tertiary/aromatic N) is 3. The lowest BCUT2D eigenvalue weighted by molar-refractivity contribution is 0.0707. The van der Waals surface area contributed by atoms with E-state index in [4.69, 9.17) is 9.47 Å². The molecule has 1 heterocycles. The molecular formula is C12H23N3O2. The van der Waals surface area contributed by atoms with Gasteiger partial charge in [-0.25, -0.2) is 4.68 Å². The van der Waals surface area contributed by atoms with Crippen molar-refractivity contribution in [1.82, 2.24) is 15.0 Å². The highest BCUT2D eigenvalue weighted by molar-refractivity contribution is 4.92. The summed E-state index contributed by atoms with van der Waals surface area (Å²) in [6, 6.07) is 0. The van der Waals surface area contributed by atoms with E-state index < -0.39 is 0 Å². The Kier molecular flexibility index (Phi) is 6.15. The van der Waals surface area contributed by atoms with Crippen LogP contribution in [0.4, 0.5) is 0 Å². The van der Waals surface area contributed by atoms with Crippen LogP contribution >= 0.6 is 0 Å². The Morgan fingerprint density at radius 2 is 1.76 bits per heavy atom. The molecule has 0 unspecified atom stereocenters. The van der Waals surface area contributed by atoms with E-state index in [9.17, 15) is 0 Å². The lowest BCUT2D eigenvalue weighted by Crippen LogP contribution is -2.10. The van der Waals surface area contributed by atoms with Crippen molar-refractivity contribution in [2.75, 3.05) is 13.2 Å². The quantitative estimate of drug-likeness (QED) is 0.694. The van der Waals surface area contributed by atoms with Gasteiger partial charge in [-0.2, -0.15) is 0 Å². The van der Waals surface area contributed by atoms with Crippen LogP contribution in [0.3, 0.4) is 0 Å². The largest absolute Gasteiger partial charge is 0.378 e. The van der Waals surface area contributed by atoms with E-state index in [0.29, 0.717) is 13.2 Å². The molecular weight excluding hydrogens is 218 g/mol. The monoisotopic (exact) mass is 241 g/mol. The fourth-order valence-corrected chi connectivity index (χ4v) is 1.34. The molecule has 0 saturated carbocycles. The van der Waals surface area contributed by atoms with Crippen LogP contribution in [0, 0.1) is 0 Å². The summed E-state index contributed by atoms with van der Waals surface area (Å²) in [5.41, 5.74) is 0.968. The lowest BCUT2D eigenvalue weighted by Gasteiger charge is -2.06. The number of ether oxygens (including phenoxy) is 2. The Balaban J connectivity index is 2.23. The molecule has 0 atom stereocenters. The predicted octanol–water partition coefficient (Wildman–Crippen LogP) is 1.67. The summed E-state index contributed by atoms with van der Waals surface area (Å²) >= 11 is 0. The highest BCUT2D eigenvalue weighted by Gasteiger charge is 2.02. The molecule has 0 bridgehead atoms. The minimum atomic E-state index is 0.262. The van der Waals surface area contributed by atoms with E-state index in [0.717, 1.165) is 18.7 Å². The van der Waals surface area contributed by atoms with Gasteiger partial charge in [0.05, 0.1) is 37.7 Å². The summed E-state index contributed by atoms with van der Waals surface area (Å²) in [5, 5.41) is 8.13.